The first kappa shape index (κ1) is 14.3. The molecule has 2 heterocycles. The molecule has 19 heavy (non-hydrogen) atoms. The van der Waals surface area contributed by atoms with Crippen molar-refractivity contribution in [2.24, 2.45) is 5.92 Å². The second kappa shape index (κ2) is 5.49. The van der Waals surface area contributed by atoms with E-state index in [1.165, 1.54) is 12.8 Å². The van der Waals surface area contributed by atoms with Crippen molar-refractivity contribution >= 4 is 11.8 Å². The van der Waals surface area contributed by atoms with Crippen LogP contribution in [0.2, 0.25) is 0 Å². The van der Waals surface area contributed by atoms with E-state index in [-0.39, 0.29) is 18.4 Å². The van der Waals surface area contributed by atoms with Crippen LogP contribution in [0.25, 0.3) is 0 Å². The van der Waals surface area contributed by atoms with Crippen LogP contribution in [0.15, 0.2) is 0 Å². The Labute approximate surface area is 115 Å². The maximum atomic E-state index is 12.2. The number of likely N-dealkylation sites (tertiary alicyclic amines) is 1. The van der Waals surface area contributed by atoms with Crippen LogP contribution < -0.4 is 5.32 Å². The third kappa shape index (κ3) is 3.47. The largest absolute Gasteiger partial charge is 0.341 e. The van der Waals surface area contributed by atoms with Crippen molar-refractivity contribution in [1.82, 2.24) is 15.1 Å². The van der Waals surface area contributed by atoms with Gasteiger partial charge < -0.3 is 15.1 Å². The van der Waals surface area contributed by atoms with Crippen molar-refractivity contribution in [1.29, 1.82) is 0 Å². The van der Waals surface area contributed by atoms with Crippen LogP contribution >= 0.6 is 0 Å². The summed E-state index contributed by atoms with van der Waals surface area (Å²) in [7, 11) is 2.15. The molecule has 0 unspecified atom stereocenters. The van der Waals surface area contributed by atoms with Crippen molar-refractivity contribution in [3.05, 3.63) is 0 Å². The molecule has 0 aromatic rings. The Morgan fingerprint density at radius 1 is 1.26 bits per heavy atom. The maximum Gasteiger partial charge on any atom is 0.248 e. The van der Waals surface area contributed by atoms with Crippen LogP contribution in [0.1, 0.15) is 33.1 Å². The minimum atomic E-state index is -0.748. The SMILES string of the molecule is CN1CCC(CCN2CC(=O)NC(C)(C)C2=O)CC1. The van der Waals surface area contributed by atoms with E-state index >= 15 is 0 Å². The minimum Gasteiger partial charge on any atom is -0.341 e. The summed E-state index contributed by atoms with van der Waals surface area (Å²) in [6, 6.07) is 0. The number of nitrogens with one attached hydrogen (secondary N) is 1. The van der Waals surface area contributed by atoms with E-state index < -0.39 is 5.54 Å². The van der Waals surface area contributed by atoms with Crippen LogP contribution in [0.3, 0.4) is 0 Å². The van der Waals surface area contributed by atoms with E-state index in [0.29, 0.717) is 12.5 Å². The lowest BCUT2D eigenvalue weighted by molar-refractivity contribution is -0.148. The molecule has 0 bridgehead atoms. The summed E-state index contributed by atoms with van der Waals surface area (Å²) in [5.41, 5.74) is -0.748. The van der Waals surface area contributed by atoms with Crippen LogP contribution in [0.4, 0.5) is 0 Å². The van der Waals surface area contributed by atoms with E-state index in [1.54, 1.807) is 18.7 Å². The van der Waals surface area contributed by atoms with E-state index in [1.807, 2.05) is 0 Å². The summed E-state index contributed by atoms with van der Waals surface area (Å²) < 4.78 is 0. The van der Waals surface area contributed by atoms with Gasteiger partial charge in [-0.15, -0.1) is 0 Å². The van der Waals surface area contributed by atoms with Gasteiger partial charge in [-0.2, -0.15) is 0 Å². The molecule has 108 valence electrons. The van der Waals surface area contributed by atoms with Gasteiger partial charge in [-0.1, -0.05) is 0 Å². The van der Waals surface area contributed by atoms with Gasteiger partial charge in [0, 0.05) is 6.54 Å². The average molecular weight is 267 g/mol. The predicted octanol–water partition coefficient (Wildman–Crippen LogP) is 0.455. The number of rotatable bonds is 3. The second-order valence-corrected chi connectivity index (χ2v) is 6.44. The van der Waals surface area contributed by atoms with Crippen molar-refractivity contribution in [3.8, 4) is 0 Å². The lowest BCUT2D eigenvalue weighted by Crippen LogP contribution is -2.63. The predicted molar refractivity (Wildman–Crippen MR) is 73.6 cm³/mol. The first-order chi connectivity index (χ1) is 8.88. The van der Waals surface area contributed by atoms with Crippen LogP contribution in [0.5, 0.6) is 0 Å². The van der Waals surface area contributed by atoms with Crippen LogP contribution in [-0.2, 0) is 9.59 Å². The van der Waals surface area contributed by atoms with Gasteiger partial charge in [0.2, 0.25) is 11.8 Å². The summed E-state index contributed by atoms with van der Waals surface area (Å²) in [5, 5.41) is 2.74. The Morgan fingerprint density at radius 3 is 2.53 bits per heavy atom. The van der Waals surface area contributed by atoms with Crippen molar-refractivity contribution in [3.63, 3.8) is 0 Å². The van der Waals surface area contributed by atoms with Crippen molar-refractivity contribution < 1.29 is 9.59 Å². The standard InChI is InChI=1S/C14H25N3O2/c1-14(2)13(19)17(10-12(18)15-14)9-6-11-4-7-16(3)8-5-11/h11H,4-10H2,1-3H3,(H,15,18). The molecule has 2 rings (SSSR count). The summed E-state index contributed by atoms with van der Waals surface area (Å²) in [6.45, 7) is 6.76. The van der Waals surface area contributed by atoms with Gasteiger partial charge in [0.05, 0.1) is 6.54 Å². The van der Waals surface area contributed by atoms with Gasteiger partial charge in [-0.25, -0.2) is 0 Å². The first-order valence-corrected chi connectivity index (χ1v) is 7.17. The van der Waals surface area contributed by atoms with Crippen LogP contribution in [0, 0.1) is 5.92 Å². The third-order valence-electron chi connectivity index (χ3n) is 4.25. The Hall–Kier alpha value is -1.10. The number of hydrogen-bond donors (Lipinski definition) is 1. The molecular weight excluding hydrogens is 242 g/mol. The summed E-state index contributed by atoms with van der Waals surface area (Å²) >= 11 is 0. The molecule has 2 saturated heterocycles. The highest BCUT2D eigenvalue weighted by Crippen LogP contribution is 2.21. The van der Waals surface area contributed by atoms with Gasteiger partial charge in [0.15, 0.2) is 0 Å². The highest BCUT2D eigenvalue weighted by molar-refractivity contribution is 5.97. The van der Waals surface area contributed by atoms with Gasteiger partial charge in [0.1, 0.15) is 5.54 Å². The monoisotopic (exact) mass is 267 g/mol. The fourth-order valence-electron chi connectivity index (χ4n) is 2.95. The Morgan fingerprint density at radius 2 is 1.89 bits per heavy atom. The zero-order chi connectivity index (χ0) is 14.0. The minimum absolute atomic E-state index is 0.0417. The molecule has 2 aliphatic rings. The molecule has 0 radical (unpaired) electrons. The number of piperidine rings is 1. The Bertz CT molecular complexity index is 360. The van der Waals surface area contributed by atoms with Crippen LogP contribution in [-0.4, -0.2) is 60.4 Å². The lowest BCUT2D eigenvalue weighted by Gasteiger charge is -2.38. The Balaban J connectivity index is 1.85. The molecule has 2 fully saturated rings. The molecule has 0 aromatic carbocycles. The van der Waals surface area contributed by atoms with Crippen molar-refractivity contribution in [2.75, 3.05) is 33.2 Å². The lowest BCUT2D eigenvalue weighted by atomic mass is 9.93. The molecule has 0 saturated carbocycles. The number of piperazine rings is 1. The van der Waals surface area contributed by atoms with Gasteiger partial charge in [-0.05, 0) is 59.2 Å². The summed E-state index contributed by atoms with van der Waals surface area (Å²) in [6.07, 6.45) is 3.42. The quantitative estimate of drug-likeness (QED) is 0.808. The summed E-state index contributed by atoms with van der Waals surface area (Å²) in [5.74, 6) is 0.685. The number of carbonyl (C=O) groups is 2. The van der Waals surface area contributed by atoms with E-state index in [4.69, 9.17) is 0 Å². The molecule has 0 atom stereocenters. The molecule has 0 aliphatic carbocycles. The fraction of sp³-hybridized carbons (Fsp3) is 0.857. The maximum absolute atomic E-state index is 12.2. The van der Waals surface area contributed by atoms with E-state index in [0.717, 1.165) is 19.5 Å². The molecule has 1 N–H and O–H groups in total. The van der Waals surface area contributed by atoms with E-state index in [9.17, 15) is 9.59 Å². The van der Waals surface area contributed by atoms with Gasteiger partial charge in [0.25, 0.3) is 0 Å². The molecular formula is C14H25N3O2. The molecule has 5 heteroatoms. The molecule has 5 nitrogen and oxygen atoms in total. The highest BCUT2D eigenvalue weighted by atomic mass is 16.2. The topological polar surface area (TPSA) is 52.6 Å². The normalized spacial score (nSPS) is 25.5. The van der Waals surface area contributed by atoms with E-state index in [2.05, 4.69) is 17.3 Å². The third-order valence-corrected chi connectivity index (χ3v) is 4.25. The summed E-state index contributed by atoms with van der Waals surface area (Å²) in [4.78, 5) is 27.9. The zero-order valence-corrected chi connectivity index (χ0v) is 12.2. The molecule has 2 amide bonds. The first-order valence-electron chi connectivity index (χ1n) is 7.17. The number of amides is 2. The zero-order valence-electron chi connectivity index (χ0n) is 12.2. The van der Waals surface area contributed by atoms with Crippen molar-refractivity contribution in [2.45, 2.75) is 38.6 Å². The fourth-order valence-corrected chi connectivity index (χ4v) is 2.95. The smallest absolute Gasteiger partial charge is 0.248 e. The highest BCUT2D eigenvalue weighted by Gasteiger charge is 2.38. The number of hydrogen-bond acceptors (Lipinski definition) is 3. The number of nitrogens with zero attached hydrogens (tertiary/aromatic N) is 2. The second-order valence-electron chi connectivity index (χ2n) is 6.44. The average Bonchev–Trinajstić information content (AvgIpc) is 2.33. The van der Waals surface area contributed by atoms with Gasteiger partial charge >= 0.3 is 0 Å². The molecule has 0 spiro atoms. The Kier molecular flexibility index (Phi) is 4.13. The number of carbonyl (C=O) groups excluding carboxylic acids is 2. The molecule has 2 aliphatic heterocycles. The van der Waals surface area contributed by atoms with Gasteiger partial charge in [-0.3, -0.25) is 9.59 Å². The molecule has 0 aromatic heterocycles.